The van der Waals surface area contributed by atoms with E-state index in [1.54, 1.807) is 11.8 Å². The fourth-order valence-corrected chi connectivity index (χ4v) is 5.99. The number of piperidine rings is 1. The number of amides is 1. The topological polar surface area (TPSA) is 109 Å². The lowest BCUT2D eigenvalue weighted by Gasteiger charge is -2.30. The lowest BCUT2D eigenvalue weighted by Crippen LogP contribution is -2.45. The maximum Gasteiger partial charge on any atom is 0.254 e. The van der Waals surface area contributed by atoms with E-state index in [0.29, 0.717) is 36.9 Å². The van der Waals surface area contributed by atoms with E-state index in [0.717, 1.165) is 58.5 Å². The summed E-state index contributed by atoms with van der Waals surface area (Å²) in [6, 6.07) is 10.0. The monoisotopic (exact) mass is 538 g/mol. The maximum atomic E-state index is 13.6. The van der Waals surface area contributed by atoms with Crippen LogP contribution in [0, 0.1) is 5.92 Å². The highest BCUT2D eigenvalue weighted by Gasteiger charge is 2.28. The van der Waals surface area contributed by atoms with Gasteiger partial charge in [0.2, 0.25) is 0 Å². The minimum absolute atomic E-state index is 0.00983. The molecule has 206 valence electrons. The first-order chi connectivity index (χ1) is 19.5. The molecule has 1 atom stereocenters. The van der Waals surface area contributed by atoms with Crippen LogP contribution >= 0.6 is 0 Å². The SMILES string of the molecule is COc1cc(C(=O)N2CCCC(N)C2)cc2nc(-c3cc4cccnc4n3CC3CC3)n(Cc3cnn(C)c3)c12. The number of fused-ring (bicyclic) bond motifs is 2. The second kappa shape index (κ2) is 9.78. The summed E-state index contributed by atoms with van der Waals surface area (Å²) in [6.07, 6.45) is 10.1. The Hall–Kier alpha value is -4.18. The number of carbonyl (C=O) groups excluding carboxylic acids is 1. The standard InChI is InChI=1S/C30H34N8O2/c1-35-15-20(14-33-35)17-38-27-24(11-22(13-26(27)40-2)30(39)36-10-4-6-23(31)18-36)34-29(38)25-12-21-5-3-9-32-28(21)37(25)16-19-7-8-19/h3,5,9,11-15,19,23H,4,6-8,10,16-18,31H2,1-2H3. The highest BCUT2D eigenvalue weighted by molar-refractivity contribution is 6.00. The Morgan fingerprint density at radius 2 is 2.05 bits per heavy atom. The number of nitrogens with two attached hydrogens (primary N) is 1. The Bertz CT molecular complexity index is 1730. The Labute approximate surface area is 232 Å². The van der Waals surface area contributed by atoms with Gasteiger partial charge in [-0.25, -0.2) is 9.97 Å². The third kappa shape index (κ3) is 4.42. The Balaban J connectivity index is 1.42. The summed E-state index contributed by atoms with van der Waals surface area (Å²) in [5.74, 6) is 2.06. The smallest absolute Gasteiger partial charge is 0.254 e. The van der Waals surface area contributed by atoms with E-state index >= 15 is 0 Å². The van der Waals surface area contributed by atoms with E-state index in [9.17, 15) is 4.79 Å². The summed E-state index contributed by atoms with van der Waals surface area (Å²) >= 11 is 0. The highest BCUT2D eigenvalue weighted by Crippen LogP contribution is 2.38. The summed E-state index contributed by atoms with van der Waals surface area (Å²) < 4.78 is 12.2. The molecule has 5 heterocycles. The summed E-state index contributed by atoms with van der Waals surface area (Å²) in [7, 11) is 3.56. The van der Waals surface area contributed by atoms with Gasteiger partial charge >= 0.3 is 0 Å². The van der Waals surface area contributed by atoms with Gasteiger partial charge < -0.3 is 24.5 Å². The fraction of sp³-hybridized carbons (Fsp3) is 0.400. The van der Waals surface area contributed by atoms with Gasteiger partial charge in [-0.3, -0.25) is 9.48 Å². The first-order valence-corrected chi connectivity index (χ1v) is 14.0. The van der Waals surface area contributed by atoms with Gasteiger partial charge in [0.15, 0.2) is 5.82 Å². The third-order valence-corrected chi connectivity index (χ3v) is 8.14. The number of hydrogen-bond donors (Lipinski definition) is 1. The van der Waals surface area contributed by atoms with Crippen LogP contribution in [0.15, 0.2) is 48.9 Å². The summed E-state index contributed by atoms with van der Waals surface area (Å²) in [6.45, 7) is 2.74. The molecule has 1 aliphatic heterocycles. The van der Waals surface area contributed by atoms with Crippen LogP contribution < -0.4 is 10.5 Å². The van der Waals surface area contributed by atoms with Crippen molar-refractivity contribution in [1.29, 1.82) is 0 Å². The van der Waals surface area contributed by atoms with E-state index in [4.69, 9.17) is 20.4 Å². The number of aromatic nitrogens is 6. The molecule has 0 spiro atoms. The van der Waals surface area contributed by atoms with Gasteiger partial charge in [0.1, 0.15) is 16.9 Å². The molecule has 0 radical (unpaired) electrons. The van der Waals surface area contributed by atoms with Crippen LogP contribution in [0.3, 0.4) is 0 Å². The Kier molecular flexibility index (Phi) is 6.07. The van der Waals surface area contributed by atoms with Crippen LogP contribution in [-0.4, -0.2) is 65.9 Å². The highest BCUT2D eigenvalue weighted by atomic mass is 16.5. The average molecular weight is 539 g/mol. The normalized spacial score (nSPS) is 17.7. The molecule has 1 aliphatic carbocycles. The molecule has 10 heteroatoms. The molecular formula is C30H34N8O2. The van der Waals surface area contributed by atoms with Crippen molar-refractivity contribution < 1.29 is 9.53 Å². The number of likely N-dealkylation sites (tertiary alicyclic amines) is 1. The fourth-order valence-electron chi connectivity index (χ4n) is 5.99. The zero-order valence-corrected chi connectivity index (χ0v) is 23.0. The molecule has 1 unspecified atom stereocenters. The molecule has 5 aromatic rings. The van der Waals surface area contributed by atoms with Crippen LogP contribution in [0.5, 0.6) is 5.75 Å². The molecule has 10 nitrogen and oxygen atoms in total. The molecule has 0 bridgehead atoms. The number of imidazole rings is 1. The van der Waals surface area contributed by atoms with Crippen LogP contribution in [0.2, 0.25) is 0 Å². The molecule has 4 aromatic heterocycles. The predicted octanol–water partition coefficient (Wildman–Crippen LogP) is 3.82. The van der Waals surface area contributed by atoms with Gasteiger partial charge in [-0.15, -0.1) is 0 Å². The van der Waals surface area contributed by atoms with Gasteiger partial charge in [-0.05, 0) is 61.9 Å². The Morgan fingerprint density at radius 3 is 2.80 bits per heavy atom. The molecular weight excluding hydrogens is 504 g/mol. The van der Waals surface area contributed by atoms with E-state index in [1.807, 2.05) is 48.7 Å². The second-order valence-corrected chi connectivity index (χ2v) is 11.2. The number of hydrogen-bond acceptors (Lipinski definition) is 6. The van der Waals surface area contributed by atoms with E-state index in [2.05, 4.69) is 26.4 Å². The van der Waals surface area contributed by atoms with Crippen molar-refractivity contribution in [2.75, 3.05) is 20.2 Å². The van der Waals surface area contributed by atoms with Crippen molar-refractivity contribution >= 4 is 28.0 Å². The number of methoxy groups -OCH3 is 1. The number of benzene rings is 1. The predicted molar refractivity (Wildman–Crippen MR) is 153 cm³/mol. The third-order valence-electron chi connectivity index (χ3n) is 8.14. The lowest BCUT2D eigenvalue weighted by molar-refractivity contribution is 0.0708. The van der Waals surface area contributed by atoms with Gasteiger partial charge in [-0.1, -0.05) is 0 Å². The molecule has 2 fully saturated rings. The number of rotatable bonds is 7. The van der Waals surface area contributed by atoms with Gasteiger partial charge in [0.25, 0.3) is 5.91 Å². The van der Waals surface area contributed by atoms with Crippen LogP contribution in [-0.2, 0) is 20.1 Å². The minimum atomic E-state index is -0.0363. The van der Waals surface area contributed by atoms with E-state index in [-0.39, 0.29) is 11.9 Å². The van der Waals surface area contributed by atoms with Crippen molar-refractivity contribution in [2.24, 2.45) is 18.7 Å². The molecule has 1 saturated heterocycles. The Morgan fingerprint density at radius 1 is 1.18 bits per heavy atom. The van der Waals surface area contributed by atoms with E-state index in [1.165, 1.54) is 12.8 Å². The summed E-state index contributed by atoms with van der Waals surface area (Å²) in [5.41, 5.74) is 11.4. The van der Waals surface area contributed by atoms with Gasteiger partial charge in [-0.2, -0.15) is 5.10 Å². The number of pyridine rings is 1. The zero-order valence-electron chi connectivity index (χ0n) is 23.0. The van der Waals surface area contributed by atoms with Crippen LogP contribution in [0.4, 0.5) is 0 Å². The molecule has 1 amide bonds. The van der Waals surface area contributed by atoms with Gasteiger partial charge in [0, 0.05) is 61.6 Å². The quantitative estimate of drug-likeness (QED) is 0.338. The maximum absolute atomic E-state index is 13.6. The van der Waals surface area contributed by atoms with Crippen molar-refractivity contribution in [1.82, 2.24) is 33.8 Å². The summed E-state index contributed by atoms with van der Waals surface area (Å²) in [4.78, 5) is 25.3. The number of nitrogens with zero attached hydrogens (tertiary/aromatic N) is 7. The van der Waals surface area contributed by atoms with Crippen molar-refractivity contribution in [3.05, 3.63) is 60.0 Å². The van der Waals surface area contributed by atoms with Crippen molar-refractivity contribution in [2.45, 2.75) is 44.8 Å². The molecule has 40 heavy (non-hydrogen) atoms. The van der Waals surface area contributed by atoms with Crippen LogP contribution in [0.1, 0.15) is 41.6 Å². The van der Waals surface area contributed by atoms with Gasteiger partial charge in [0.05, 0.1) is 31.1 Å². The largest absolute Gasteiger partial charge is 0.494 e. The molecule has 2 N–H and O–H groups in total. The average Bonchev–Trinajstić information content (AvgIpc) is 3.42. The molecule has 7 rings (SSSR count). The zero-order chi connectivity index (χ0) is 27.4. The first kappa shape index (κ1) is 24.8. The van der Waals surface area contributed by atoms with Crippen molar-refractivity contribution in [3.63, 3.8) is 0 Å². The van der Waals surface area contributed by atoms with Crippen LogP contribution in [0.25, 0.3) is 33.6 Å². The molecule has 1 aromatic carbocycles. The van der Waals surface area contributed by atoms with Crippen molar-refractivity contribution in [3.8, 4) is 17.3 Å². The first-order valence-electron chi connectivity index (χ1n) is 14.0. The molecule has 2 aliphatic rings. The number of carbonyl (C=O) groups is 1. The number of aryl methyl sites for hydroxylation is 1. The second-order valence-electron chi connectivity index (χ2n) is 11.2. The summed E-state index contributed by atoms with van der Waals surface area (Å²) in [5, 5.41) is 5.48. The minimum Gasteiger partial charge on any atom is -0.494 e. The lowest BCUT2D eigenvalue weighted by atomic mass is 10.0. The number of ether oxygens (including phenoxy) is 1. The molecule has 1 saturated carbocycles. The van der Waals surface area contributed by atoms with E-state index < -0.39 is 0 Å².